The minimum Gasteiger partial charge on any atom is -0.391 e. The van der Waals surface area contributed by atoms with Crippen LogP contribution >= 0.6 is 11.3 Å². The first-order valence-electron chi connectivity index (χ1n) is 4.67. The van der Waals surface area contributed by atoms with Crippen molar-refractivity contribution in [3.8, 4) is 0 Å². The van der Waals surface area contributed by atoms with Gasteiger partial charge >= 0.3 is 0 Å². The summed E-state index contributed by atoms with van der Waals surface area (Å²) in [5, 5.41) is 9.89. The summed E-state index contributed by atoms with van der Waals surface area (Å²) >= 11 is 1.54. The Hall–Kier alpha value is -0.650. The largest absolute Gasteiger partial charge is 0.391 e. The zero-order valence-corrected chi connectivity index (χ0v) is 8.96. The Bertz CT molecular complexity index is 297. The molecule has 0 bridgehead atoms. The molecule has 0 saturated carbocycles. The van der Waals surface area contributed by atoms with Crippen molar-refractivity contribution >= 4 is 16.5 Å². The Morgan fingerprint density at radius 2 is 2.64 bits per heavy atom. The molecule has 0 amide bonds. The molecule has 1 aromatic heterocycles. The quantitative estimate of drug-likeness (QED) is 0.810. The Balaban J connectivity index is 2.05. The van der Waals surface area contributed by atoms with Crippen LogP contribution in [0.1, 0.15) is 11.3 Å². The summed E-state index contributed by atoms with van der Waals surface area (Å²) < 4.78 is 5.32. The normalized spacial score (nSPS) is 21.4. The Kier molecular flexibility index (Phi) is 3.00. The van der Waals surface area contributed by atoms with Crippen molar-refractivity contribution < 1.29 is 9.84 Å². The number of likely N-dealkylation sites (N-methyl/N-ethyl adjacent to an activating group) is 1. The average Bonchev–Trinajstić information content (AvgIpc) is 2.88. The molecule has 1 N–H and O–H groups in total. The van der Waals surface area contributed by atoms with Gasteiger partial charge in [0, 0.05) is 19.9 Å². The van der Waals surface area contributed by atoms with Gasteiger partial charge in [0.2, 0.25) is 0 Å². The lowest BCUT2D eigenvalue weighted by atomic mass is 10.2. The van der Waals surface area contributed by atoms with Gasteiger partial charge in [0.15, 0.2) is 5.13 Å². The van der Waals surface area contributed by atoms with Gasteiger partial charge in [-0.1, -0.05) is 11.3 Å². The van der Waals surface area contributed by atoms with Crippen LogP contribution in [0.3, 0.4) is 0 Å². The van der Waals surface area contributed by atoms with Crippen LogP contribution in [0.4, 0.5) is 5.13 Å². The lowest BCUT2D eigenvalue weighted by Crippen LogP contribution is -2.31. The number of nitrogens with zero attached hydrogens (tertiary/aromatic N) is 2. The first-order valence-corrected chi connectivity index (χ1v) is 5.49. The summed E-state index contributed by atoms with van der Waals surface area (Å²) in [5.74, 6) is 0. The number of aliphatic hydroxyl groups is 1. The highest BCUT2D eigenvalue weighted by Crippen LogP contribution is 2.25. The number of hydrogen-bond acceptors (Lipinski definition) is 5. The van der Waals surface area contributed by atoms with Gasteiger partial charge in [-0.2, -0.15) is 0 Å². The molecule has 1 aromatic rings. The average molecular weight is 214 g/mol. The van der Waals surface area contributed by atoms with E-state index in [4.69, 9.17) is 9.84 Å². The van der Waals surface area contributed by atoms with Gasteiger partial charge in [0.1, 0.15) is 0 Å². The van der Waals surface area contributed by atoms with Crippen molar-refractivity contribution in [1.82, 2.24) is 4.98 Å². The maximum atomic E-state index is 8.93. The number of anilines is 1. The smallest absolute Gasteiger partial charge is 0.185 e. The van der Waals surface area contributed by atoms with Crippen molar-refractivity contribution in [2.75, 3.05) is 25.2 Å². The van der Waals surface area contributed by atoms with E-state index in [1.165, 1.54) is 11.3 Å². The van der Waals surface area contributed by atoms with Gasteiger partial charge in [-0.25, -0.2) is 4.98 Å². The number of aromatic nitrogens is 1. The molecule has 5 heteroatoms. The third-order valence-electron chi connectivity index (χ3n) is 2.45. The standard InChI is InChI=1S/C9H14N2O2S/c1-11(7-2-3-13-6-7)9-10-4-8(5-12)14-9/h4,7,12H,2-3,5-6H2,1H3. The molecule has 1 aliphatic rings. The summed E-state index contributed by atoms with van der Waals surface area (Å²) in [7, 11) is 2.03. The van der Waals surface area contributed by atoms with Gasteiger partial charge in [0.05, 0.1) is 24.1 Å². The van der Waals surface area contributed by atoms with Crippen LogP contribution in [0.25, 0.3) is 0 Å². The predicted octanol–water partition coefficient (Wildman–Crippen LogP) is 0.861. The number of thiazole rings is 1. The van der Waals surface area contributed by atoms with E-state index in [9.17, 15) is 0 Å². The summed E-state index contributed by atoms with van der Waals surface area (Å²) in [6.45, 7) is 1.70. The number of aliphatic hydroxyl groups excluding tert-OH is 1. The summed E-state index contributed by atoms with van der Waals surface area (Å²) in [6, 6.07) is 0.438. The monoisotopic (exact) mass is 214 g/mol. The highest BCUT2D eigenvalue weighted by Gasteiger charge is 2.22. The Morgan fingerprint density at radius 1 is 1.79 bits per heavy atom. The van der Waals surface area contributed by atoms with Gasteiger partial charge < -0.3 is 14.7 Å². The molecule has 2 rings (SSSR count). The molecule has 0 spiro atoms. The van der Waals surface area contributed by atoms with Crippen LogP contribution in [0.2, 0.25) is 0 Å². The van der Waals surface area contributed by atoms with Crippen molar-refractivity contribution in [3.63, 3.8) is 0 Å². The highest BCUT2D eigenvalue weighted by atomic mass is 32.1. The molecule has 0 radical (unpaired) electrons. The first-order chi connectivity index (χ1) is 6.81. The maximum Gasteiger partial charge on any atom is 0.185 e. The van der Waals surface area contributed by atoms with E-state index in [-0.39, 0.29) is 6.61 Å². The van der Waals surface area contributed by atoms with Crippen molar-refractivity contribution in [3.05, 3.63) is 11.1 Å². The molecule has 1 aliphatic heterocycles. The second-order valence-corrected chi connectivity index (χ2v) is 4.49. The maximum absolute atomic E-state index is 8.93. The van der Waals surface area contributed by atoms with Crippen LogP contribution < -0.4 is 4.90 Å². The van der Waals surface area contributed by atoms with Crippen molar-refractivity contribution in [1.29, 1.82) is 0 Å². The second kappa shape index (κ2) is 4.25. The molecule has 0 aromatic carbocycles. The zero-order valence-electron chi connectivity index (χ0n) is 8.14. The zero-order chi connectivity index (χ0) is 9.97. The molecule has 1 fully saturated rings. The van der Waals surface area contributed by atoms with Crippen LogP contribution in [0.5, 0.6) is 0 Å². The summed E-state index contributed by atoms with van der Waals surface area (Å²) in [5.41, 5.74) is 0. The number of hydrogen-bond donors (Lipinski definition) is 1. The third-order valence-corrected chi connectivity index (χ3v) is 3.52. The van der Waals surface area contributed by atoms with E-state index in [0.29, 0.717) is 6.04 Å². The number of rotatable bonds is 3. The van der Waals surface area contributed by atoms with E-state index >= 15 is 0 Å². The minimum absolute atomic E-state index is 0.0761. The molecule has 78 valence electrons. The van der Waals surface area contributed by atoms with Crippen molar-refractivity contribution in [2.24, 2.45) is 0 Å². The molecule has 4 nitrogen and oxygen atoms in total. The van der Waals surface area contributed by atoms with E-state index in [0.717, 1.165) is 29.6 Å². The summed E-state index contributed by atoms with van der Waals surface area (Å²) in [4.78, 5) is 7.30. The fourth-order valence-corrected chi connectivity index (χ4v) is 2.32. The molecular formula is C9H14N2O2S. The Labute approximate surface area is 87.1 Å². The molecule has 14 heavy (non-hydrogen) atoms. The van der Waals surface area contributed by atoms with Gasteiger partial charge in [-0.3, -0.25) is 0 Å². The van der Waals surface area contributed by atoms with Crippen LogP contribution in [-0.2, 0) is 11.3 Å². The number of ether oxygens (including phenoxy) is 1. The topological polar surface area (TPSA) is 45.6 Å². The highest BCUT2D eigenvalue weighted by molar-refractivity contribution is 7.15. The van der Waals surface area contributed by atoms with Crippen LogP contribution in [0, 0.1) is 0 Å². The van der Waals surface area contributed by atoms with E-state index in [1.807, 2.05) is 7.05 Å². The van der Waals surface area contributed by atoms with Gasteiger partial charge in [-0.15, -0.1) is 0 Å². The molecule has 1 saturated heterocycles. The fourth-order valence-electron chi connectivity index (χ4n) is 1.52. The molecule has 1 atom stereocenters. The van der Waals surface area contributed by atoms with Gasteiger partial charge in [-0.05, 0) is 6.42 Å². The molecule has 1 unspecified atom stereocenters. The van der Waals surface area contributed by atoms with E-state index in [1.54, 1.807) is 6.20 Å². The predicted molar refractivity (Wildman–Crippen MR) is 55.7 cm³/mol. The molecular weight excluding hydrogens is 200 g/mol. The van der Waals surface area contributed by atoms with Crippen LogP contribution in [-0.4, -0.2) is 36.4 Å². The summed E-state index contributed by atoms with van der Waals surface area (Å²) in [6.07, 6.45) is 2.79. The Morgan fingerprint density at radius 3 is 3.21 bits per heavy atom. The van der Waals surface area contributed by atoms with Crippen LogP contribution in [0.15, 0.2) is 6.20 Å². The fraction of sp³-hybridized carbons (Fsp3) is 0.667. The lowest BCUT2D eigenvalue weighted by molar-refractivity contribution is 0.193. The first kappa shape index (κ1) is 9.89. The SMILES string of the molecule is CN(c1ncc(CO)s1)C1CCOC1. The second-order valence-electron chi connectivity index (χ2n) is 3.40. The third kappa shape index (κ3) is 1.89. The van der Waals surface area contributed by atoms with Gasteiger partial charge in [0.25, 0.3) is 0 Å². The van der Waals surface area contributed by atoms with E-state index < -0.39 is 0 Å². The minimum atomic E-state index is 0.0761. The lowest BCUT2D eigenvalue weighted by Gasteiger charge is -2.21. The van der Waals surface area contributed by atoms with E-state index in [2.05, 4.69) is 9.88 Å². The molecule has 0 aliphatic carbocycles. The van der Waals surface area contributed by atoms with Crippen molar-refractivity contribution in [2.45, 2.75) is 19.1 Å². The molecule has 2 heterocycles.